The Balaban J connectivity index is 0.000000163. The first-order valence-electron chi connectivity index (χ1n) is 6.42. The van der Waals surface area contributed by atoms with Crippen LogP contribution in [0.25, 0.3) is 0 Å². The molecule has 3 rings (SSSR count). The Morgan fingerprint density at radius 3 is 2.32 bits per heavy atom. The predicted octanol–water partition coefficient (Wildman–Crippen LogP) is 1.93. The van der Waals surface area contributed by atoms with E-state index in [0.717, 1.165) is 0 Å². The molecule has 1 aromatic carbocycles. The van der Waals surface area contributed by atoms with E-state index in [0.29, 0.717) is 11.6 Å². The summed E-state index contributed by atoms with van der Waals surface area (Å²) in [6.07, 6.45) is 6.66. The number of nitrogens with one attached hydrogen (secondary N) is 1. The monoisotopic (exact) mass is 298 g/mol. The molecule has 4 nitrogen and oxygen atoms in total. The van der Waals surface area contributed by atoms with Crippen molar-refractivity contribution in [2.24, 2.45) is 5.73 Å². The molecule has 6 heteroatoms. The molecular weight excluding hydrogens is 280 g/mol. The lowest BCUT2D eigenvalue weighted by Gasteiger charge is -2.15. The van der Waals surface area contributed by atoms with Gasteiger partial charge in [0.15, 0.2) is 0 Å². The highest BCUT2D eigenvalue weighted by Gasteiger charge is 2.28. The first-order valence-corrected chi connectivity index (χ1v) is 8.31. The Morgan fingerprint density at radius 1 is 1.16 bits per heavy atom. The SMILES string of the molecule is NC1CCCCC1.O=S1(=O)NC(=S)c2ccccc21. The van der Waals surface area contributed by atoms with E-state index in [-0.39, 0.29) is 9.88 Å². The zero-order valence-corrected chi connectivity index (χ0v) is 12.3. The predicted molar refractivity (Wildman–Crippen MR) is 79.5 cm³/mol. The smallest absolute Gasteiger partial charge is 0.263 e. The summed E-state index contributed by atoms with van der Waals surface area (Å²) in [5.41, 5.74) is 6.23. The number of hydrogen-bond acceptors (Lipinski definition) is 4. The molecule has 0 atom stereocenters. The third kappa shape index (κ3) is 3.52. The van der Waals surface area contributed by atoms with Crippen LogP contribution < -0.4 is 10.5 Å². The van der Waals surface area contributed by atoms with E-state index in [9.17, 15) is 8.42 Å². The van der Waals surface area contributed by atoms with Crippen LogP contribution in [0.2, 0.25) is 0 Å². The average Bonchev–Trinajstić information content (AvgIpc) is 2.62. The molecule has 1 aliphatic heterocycles. The Bertz CT molecular complexity index is 564. The fourth-order valence-corrected chi connectivity index (χ4v) is 4.01. The molecule has 2 aliphatic rings. The summed E-state index contributed by atoms with van der Waals surface area (Å²) in [5, 5.41) is 0. The molecular formula is C13H18N2O2S2. The number of thiocarbonyl (C=S) groups is 1. The number of benzene rings is 1. The Hall–Kier alpha value is -0.980. The van der Waals surface area contributed by atoms with Gasteiger partial charge in [0.05, 0.1) is 4.90 Å². The minimum Gasteiger partial charge on any atom is -0.328 e. The molecule has 1 aromatic rings. The van der Waals surface area contributed by atoms with E-state index in [2.05, 4.69) is 4.72 Å². The lowest BCUT2D eigenvalue weighted by molar-refractivity contribution is 0.441. The van der Waals surface area contributed by atoms with Crippen molar-refractivity contribution in [1.29, 1.82) is 0 Å². The summed E-state index contributed by atoms with van der Waals surface area (Å²) in [7, 11) is -3.35. The van der Waals surface area contributed by atoms with Crippen molar-refractivity contribution in [3.05, 3.63) is 29.8 Å². The number of fused-ring (bicyclic) bond motifs is 1. The molecule has 0 bridgehead atoms. The second-order valence-corrected chi connectivity index (χ2v) is 6.89. The molecule has 19 heavy (non-hydrogen) atoms. The van der Waals surface area contributed by atoms with Gasteiger partial charge >= 0.3 is 0 Å². The summed E-state index contributed by atoms with van der Waals surface area (Å²) in [4.78, 5) is 0.556. The highest BCUT2D eigenvalue weighted by molar-refractivity contribution is 7.93. The first kappa shape index (κ1) is 14.4. The topological polar surface area (TPSA) is 72.2 Å². The maximum Gasteiger partial charge on any atom is 0.263 e. The molecule has 1 aliphatic carbocycles. The second-order valence-electron chi connectivity index (χ2n) is 4.83. The van der Waals surface area contributed by atoms with Crippen LogP contribution in [0.1, 0.15) is 37.7 Å². The lowest BCUT2D eigenvalue weighted by atomic mass is 9.97. The lowest BCUT2D eigenvalue weighted by Crippen LogP contribution is -2.22. The molecule has 0 spiro atoms. The maximum atomic E-state index is 11.3. The molecule has 0 unspecified atom stereocenters. The van der Waals surface area contributed by atoms with Gasteiger partial charge in [0.2, 0.25) is 0 Å². The van der Waals surface area contributed by atoms with Crippen LogP contribution in [0.5, 0.6) is 0 Å². The average molecular weight is 298 g/mol. The summed E-state index contributed by atoms with van der Waals surface area (Å²) >= 11 is 4.83. The highest BCUT2D eigenvalue weighted by atomic mass is 32.2. The first-order chi connectivity index (χ1) is 9.00. The van der Waals surface area contributed by atoms with Crippen molar-refractivity contribution in [2.75, 3.05) is 0 Å². The molecule has 1 heterocycles. The molecule has 104 valence electrons. The standard InChI is InChI=1S/C7H5NO2S2.C6H13N/c9-12(10)6-4-2-1-3-5(6)7(11)8-12;7-6-4-2-1-3-5-6/h1-4H,(H,8,11);6H,1-5,7H2. The van der Waals surface area contributed by atoms with Gasteiger partial charge in [-0.15, -0.1) is 0 Å². The summed E-state index contributed by atoms with van der Waals surface area (Å²) in [6, 6.07) is 7.19. The molecule has 0 saturated heterocycles. The largest absolute Gasteiger partial charge is 0.328 e. The molecule has 0 amide bonds. The molecule has 1 fully saturated rings. The van der Waals surface area contributed by atoms with Gasteiger partial charge < -0.3 is 5.73 Å². The van der Waals surface area contributed by atoms with Crippen LogP contribution in [0.3, 0.4) is 0 Å². The van der Waals surface area contributed by atoms with Gasteiger partial charge in [0, 0.05) is 11.6 Å². The van der Waals surface area contributed by atoms with E-state index >= 15 is 0 Å². The second kappa shape index (κ2) is 5.98. The normalized spacial score (nSPS) is 21.0. The summed E-state index contributed by atoms with van der Waals surface area (Å²) < 4.78 is 24.8. The van der Waals surface area contributed by atoms with E-state index < -0.39 is 10.0 Å². The third-order valence-electron chi connectivity index (χ3n) is 3.30. The zero-order valence-electron chi connectivity index (χ0n) is 10.6. The van der Waals surface area contributed by atoms with Gasteiger partial charge in [0.1, 0.15) is 4.99 Å². The van der Waals surface area contributed by atoms with Gasteiger partial charge in [-0.3, -0.25) is 4.72 Å². The van der Waals surface area contributed by atoms with Gasteiger partial charge in [-0.2, -0.15) is 0 Å². The fraction of sp³-hybridized carbons (Fsp3) is 0.462. The van der Waals surface area contributed by atoms with E-state index in [1.165, 1.54) is 38.2 Å². The maximum absolute atomic E-state index is 11.3. The van der Waals surface area contributed by atoms with Crippen molar-refractivity contribution in [1.82, 2.24) is 4.72 Å². The Morgan fingerprint density at radius 2 is 1.79 bits per heavy atom. The van der Waals surface area contributed by atoms with Crippen molar-refractivity contribution < 1.29 is 8.42 Å². The zero-order chi connectivity index (χ0) is 13.9. The van der Waals surface area contributed by atoms with E-state index in [1.54, 1.807) is 18.2 Å². The van der Waals surface area contributed by atoms with Crippen molar-refractivity contribution >= 4 is 27.2 Å². The van der Waals surface area contributed by atoms with Crippen LogP contribution in [0.15, 0.2) is 29.2 Å². The third-order valence-corrected chi connectivity index (χ3v) is 5.16. The van der Waals surface area contributed by atoms with Gasteiger partial charge in [-0.1, -0.05) is 49.7 Å². The Labute approximate surface area is 119 Å². The summed E-state index contributed by atoms with van der Waals surface area (Å²) in [5.74, 6) is 0. The van der Waals surface area contributed by atoms with Crippen LogP contribution in [0.4, 0.5) is 0 Å². The van der Waals surface area contributed by atoms with E-state index in [4.69, 9.17) is 18.0 Å². The molecule has 0 radical (unpaired) electrons. The van der Waals surface area contributed by atoms with Crippen molar-refractivity contribution in [3.8, 4) is 0 Å². The van der Waals surface area contributed by atoms with E-state index in [1.807, 2.05) is 0 Å². The molecule has 0 aromatic heterocycles. The van der Waals surface area contributed by atoms with Gasteiger partial charge in [0.25, 0.3) is 10.0 Å². The van der Waals surface area contributed by atoms with Gasteiger partial charge in [-0.25, -0.2) is 8.42 Å². The fourth-order valence-electron chi connectivity index (χ4n) is 2.25. The quantitative estimate of drug-likeness (QED) is 0.718. The molecule has 3 N–H and O–H groups in total. The highest BCUT2D eigenvalue weighted by Crippen LogP contribution is 2.21. The molecule has 1 saturated carbocycles. The number of nitrogens with two attached hydrogens (primary N) is 1. The number of rotatable bonds is 0. The minimum absolute atomic E-state index is 0.273. The number of hydrogen-bond donors (Lipinski definition) is 2. The van der Waals surface area contributed by atoms with Crippen LogP contribution in [-0.4, -0.2) is 19.4 Å². The van der Waals surface area contributed by atoms with Gasteiger partial charge in [-0.05, 0) is 18.9 Å². The summed E-state index contributed by atoms with van der Waals surface area (Å²) in [6.45, 7) is 0. The van der Waals surface area contributed by atoms with Crippen molar-refractivity contribution in [3.63, 3.8) is 0 Å². The number of sulfonamides is 1. The van der Waals surface area contributed by atoms with Crippen molar-refractivity contribution in [2.45, 2.75) is 43.0 Å². The minimum atomic E-state index is -3.35. The Kier molecular flexibility index (Phi) is 4.54. The van der Waals surface area contributed by atoms with Crippen LogP contribution in [-0.2, 0) is 10.0 Å². The van der Waals surface area contributed by atoms with Crippen LogP contribution in [0, 0.1) is 0 Å². The van der Waals surface area contributed by atoms with Crippen LogP contribution >= 0.6 is 12.2 Å².